The van der Waals surface area contributed by atoms with Gasteiger partial charge in [-0.3, -0.25) is 4.79 Å². The van der Waals surface area contributed by atoms with Crippen molar-refractivity contribution in [2.45, 2.75) is 51.7 Å². The summed E-state index contributed by atoms with van der Waals surface area (Å²) in [6.07, 6.45) is 3.72. The standard InChI is InChI=1S/C21H25N3O3/c1-12-15(18-22-11-20(2,3)27-18)16-13(8-9-21(4,26)14-6-7-14)10-24(5)19(25)17(16)23-12/h10,14,23,26H,6-7,11H2,1-5H3. The Labute approximate surface area is 158 Å². The third-order valence-corrected chi connectivity index (χ3v) is 5.33. The smallest absolute Gasteiger partial charge is 0.274 e. The van der Waals surface area contributed by atoms with Crippen molar-refractivity contribution in [1.82, 2.24) is 9.55 Å². The third-order valence-electron chi connectivity index (χ3n) is 5.33. The normalized spacial score (nSPS) is 20.6. The summed E-state index contributed by atoms with van der Waals surface area (Å²) in [5, 5.41) is 11.3. The number of ether oxygens (including phenoxy) is 1. The SMILES string of the molecule is Cc1[nH]c2c(=O)n(C)cc(C#CC(C)(O)C3CC3)c2c1C1=NCC(C)(C)O1. The lowest BCUT2D eigenvalue weighted by atomic mass is 10.00. The van der Waals surface area contributed by atoms with E-state index < -0.39 is 5.60 Å². The zero-order chi connectivity index (χ0) is 19.6. The molecule has 0 bridgehead atoms. The van der Waals surface area contributed by atoms with Crippen LogP contribution in [0.3, 0.4) is 0 Å². The van der Waals surface area contributed by atoms with Gasteiger partial charge in [-0.15, -0.1) is 0 Å². The maximum Gasteiger partial charge on any atom is 0.274 e. The van der Waals surface area contributed by atoms with Gasteiger partial charge in [0.25, 0.3) is 5.56 Å². The van der Waals surface area contributed by atoms with Crippen LogP contribution in [0.5, 0.6) is 0 Å². The summed E-state index contributed by atoms with van der Waals surface area (Å²) in [5.74, 6) is 6.90. The van der Waals surface area contributed by atoms with Crippen molar-refractivity contribution >= 4 is 16.8 Å². The molecule has 0 saturated heterocycles. The molecular weight excluding hydrogens is 342 g/mol. The molecule has 1 atom stereocenters. The van der Waals surface area contributed by atoms with E-state index in [1.165, 1.54) is 4.57 Å². The van der Waals surface area contributed by atoms with E-state index in [-0.39, 0.29) is 17.1 Å². The molecule has 1 fully saturated rings. The van der Waals surface area contributed by atoms with Crippen LogP contribution < -0.4 is 5.56 Å². The molecule has 0 amide bonds. The fraction of sp³-hybridized carbons (Fsp3) is 0.524. The highest BCUT2D eigenvalue weighted by atomic mass is 16.5. The molecule has 3 heterocycles. The molecule has 1 aliphatic carbocycles. The predicted octanol–water partition coefficient (Wildman–Crippen LogP) is 2.24. The number of aromatic amines is 1. The van der Waals surface area contributed by atoms with Crippen molar-refractivity contribution in [2.75, 3.05) is 6.54 Å². The average Bonchev–Trinajstić information content (AvgIpc) is 3.31. The van der Waals surface area contributed by atoms with Gasteiger partial charge in [-0.05, 0) is 46.5 Å². The number of H-pyrrole nitrogens is 1. The van der Waals surface area contributed by atoms with Crippen molar-refractivity contribution in [1.29, 1.82) is 0 Å². The Kier molecular flexibility index (Phi) is 3.80. The molecule has 6 nitrogen and oxygen atoms in total. The van der Waals surface area contributed by atoms with Crippen LogP contribution in [0, 0.1) is 24.7 Å². The van der Waals surface area contributed by atoms with Crippen LogP contribution >= 0.6 is 0 Å². The molecule has 142 valence electrons. The Morgan fingerprint density at radius 2 is 2.15 bits per heavy atom. The van der Waals surface area contributed by atoms with Gasteiger partial charge in [-0.2, -0.15) is 0 Å². The van der Waals surface area contributed by atoms with E-state index in [4.69, 9.17) is 4.74 Å². The Morgan fingerprint density at radius 3 is 2.74 bits per heavy atom. The zero-order valence-corrected chi connectivity index (χ0v) is 16.4. The summed E-state index contributed by atoms with van der Waals surface area (Å²) in [5.41, 5.74) is 1.26. The maximum absolute atomic E-state index is 12.7. The molecular formula is C21H25N3O3. The largest absolute Gasteiger partial charge is 0.469 e. The van der Waals surface area contributed by atoms with Crippen molar-refractivity contribution < 1.29 is 9.84 Å². The molecule has 2 aromatic rings. The van der Waals surface area contributed by atoms with Crippen LogP contribution in [-0.2, 0) is 11.8 Å². The monoisotopic (exact) mass is 367 g/mol. The summed E-state index contributed by atoms with van der Waals surface area (Å²) < 4.78 is 7.54. The summed E-state index contributed by atoms with van der Waals surface area (Å²) in [6.45, 7) is 8.20. The molecule has 4 rings (SSSR count). The molecule has 2 aromatic heterocycles. The highest BCUT2D eigenvalue weighted by Crippen LogP contribution is 2.39. The number of aliphatic imine (C=N–C) groups is 1. The molecule has 27 heavy (non-hydrogen) atoms. The van der Waals surface area contributed by atoms with Crippen molar-refractivity contribution in [2.24, 2.45) is 18.0 Å². The molecule has 6 heteroatoms. The van der Waals surface area contributed by atoms with Crippen LogP contribution in [0.2, 0.25) is 0 Å². The lowest BCUT2D eigenvalue weighted by Crippen LogP contribution is -2.25. The number of hydrogen-bond donors (Lipinski definition) is 2. The zero-order valence-electron chi connectivity index (χ0n) is 16.4. The first-order chi connectivity index (χ1) is 12.6. The third kappa shape index (κ3) is 3.06. The van der Waals surface area contributed by atoms with Gasteiger partial charge in [0.1, 0.15) is 16.7 Å². The molecule has 0 aromatic carbocycles. The Balaban J connectivity index is 1.93. The second kappa shape index (κ2) is 5.74. The highest BCUT2D eigenvalue weighted by Gasteiger charge is 2.38. The topological polar surface area (TPSA) is 79.6 Å². The van der Waals surface area contributed by atoms with Crippen LogP contribution in [0.15, 0.2) is 16.0 Å². The molecule has 1 aliphatic heterocycles. The van der Waals surface area contributed by atoms with Gasteiger partial charge < -0.3 is 19.4 Å². The number of aryl methyl sites for hydroxylation is 2. The number of pyridine rings is 1. The molecule has 1 saturated carbocycles. The van der Waals surface area contributed by atoms with E-state index in [2.05, 4.69) is 21.8 Å². The van der Waals surface area contributed by atoms with E-state index in [1.54, 1.807) is 20.2 Å². The number of hydrogen-bond acceptors (Lipinski definition) is 4. The summed E-state index contributed by atoms with van der Waals surface area (Å²) in [4.78, 5) is 20.4. The van der Waals surface area contributed by atoms with Crippen LogP contribution in [-0.4, -0.2) is 38.3 Å². The van der Waals surface area contributed by atoms with Crippen LogP contribution in [0.4, 0.5) is 0 Å². The minimum atomic E-state index is -1.02. The number of fused-ring (bicyclic) bond motifs is 1. The molecule has 0 radical (unpaired) electrons. The van der Waals surface area contributed by atoms with Gasteiger partial charge in [0.15, 0.2) is 0 Å². The first-order valence-corrected chi connectivity index (χ1v) is 9.30. The van der Waals surface area contributed by atoms with Crippen molar-refractivity contribution in [3.8, 4) is 11.8 Å². The first kappa shape index (κ1) is 17.9. The van der Waals surface area contributed by atoms with E-state index in [0.717, 1.165) is 24.1 Å². The van der Waals surface area contributed by atoms with Gasteiger partial charge in [-0.1, -0.05) is 11.8 Å². The second-order valence-corrected chi connectivity index (χ2v) is 8.49. The quantitative estimate of drug-likeness (QED) is 0.799. The van der Waals surface area contributed by atoms with Crippen LogP contribution in [0.25, 0.3) is 10.9 Å². The summed E-state index contributed by atoms with van der Waals surface area (Å²) in [7, 11) is 1.70. The Hall–Kier alpha value is -2.52. The number of rotatable bonds is 2. The molecule has 2 N–H and O–H groups in total. The van der Waals surface area contributed by atoms with E-state index >= 15 is 0 Å². The average molecular weight is 367 g/mol. The predicted molar refractivity (Wildman–Crippen MR) is 105 cm³/mol. The number of aromatic nitrogens is 2. The number of aliphatic hydroxyl groups is 1. The van der Waals surface area contributed by atoms with Crippen LogP contribution in [0.1, 0.15) is 50.4 Å². The van der Waals surface area contributed by atoms with E-state index in [1.807, 2.05) is 20.8 Å². The minimum Gasteiger partial charge on any atom is -0.469 e. The van der Waals surface area contributed by atoms with Gasteiger partial charge >= 0.3 is 0 Å². The van der Waals surface area contributed by atoms with Gasteiger partial charge in [0.2, 0.25) is 5.90 Å². The lowest BCUT2D eigenvalue weighted by Gasteiger charge is -2.17. The fourth-order valence-corrected chi connectivity index (χ4v) is 3.57. The molecule has 1 unspecified atom stereocenters. The Morgan fingerprint density at radius 1 is 1.44 bits per heavy atom. The minimum absolute atomic E-state index is 0.128. The number of nitrogens with one attached hydrogen (secondary N) is 1. The highest BCUT2D eigenvalue weighted by molar-refractivity contribution is 6.10. The van der Waals surface area contributed by atoms with E-state index in [0.29, 0.717) is 28.9 Å². The van der Waals surface area contributed by atoms with Crippen molar-refractivity contribution in [3.05, 3.63) is 33.4 Å². The summed E-state index contributed by atoms with van der Waals surface area (Å²) >= 11 is 0. The number of nitrogens with zero attached hydrogens (tertiary/aromatic N) is 2. The maximum atomic E-state index is 12.7. The first-order valence-electron chi connectivity index (χ1n) is 9.30. The fourth-order valence-electron chi connectivity index (χ4n) is 3.57. The van der Waals surface area contributed by atoms with Crippen molar-refractivity contribution in [3.63, 3.8) is 0 Å². The van der Waals surface area contributed by atoms with Gasteiger partial charge in [0, 0.05) is 24.3 Å². The van der Waals surface area contributed by atoms with Gasteiger partial charge in [-0.25, -0.2) is 4.99 Å². The lowest BCUT2D eigenvalue weighted by molar-refractivity contribution is 0.0980. The molecule has 2 aliphatic rings. The molecule has 0 spiro atoms. The summed E-state index contributed by atoms with van der Waals surface area (Å²) in [6, 6.07) is 0. The van der Waals surface area contributed by atoms with Gasteiger partial charge in [0.05, 0.1) is 17.7 Å². The second-order valence-electron chi connectivity index (χ2n) is 8.49. The van der Waals surface area contributed by atoms with E-state index in [9.17, 15) is 9.90 Å². The Bertz CT molecular complexity index is 1090.